The lowest BCUT2D eigenvalue weighted by molar-refractivity contribution is 0.598. The summed E-state index contributed by atoms with van der Waals surface area (Å²) in [5.74, 6) is 2.25. The Morgan fingerprint density at radius 3 is 2.71 bits per heavy atom. The third-order valence-electron chi connectivity index (χ3n) is 2.27. The van der Waals surface area contributed by atoms with Gasteiger partial charge in [-0.2, -0.15) is 0 Å². The monoisotopic (exact) mass is 190 g/mol. The van der Waals surface area contributed by atoms with Gasteiger partial charge >= 0.3 is 0 Å². The van der Waals surface area contributed by atoms with Gasteiger partial charge in [0.25, 0.3) is 0 Å². The highest BCUT2D eigenvalue weighted by Crippen LogP contribution is 2.13. The van der Waals surface area contributed by atoms with E-state index in [1.54, 1.807) is 12.1 Å². The molecule has 1 aromatic rings. The van der Waals surface area contributed by atoms with E-state index in [0.29, 0.717) is 5.56 Å². The summed E-state index contributed by atoms with van der Waals surface area (Å²) in [6, 6.07) is 5.02. The zero-order valence-electron chi connectivity index (χ0n) is 8.52. The molecule has 74 valence electrons. The number of unbranched alkanes of at least 4 members (excludes halogenated alkanes) is 2. The normalized spacial score (nSPS) is 9.79. The van der Waals surface area contributed by atoms with Gasteiger partial charge in [0.2, 0.25) is 0 Å². The Bertz CT molecular complexity index is 334. The minimum Gasteiger partial charge on any atom is -0.207 e. The second-order valence-electron chi connectivity index (χ2n) is 3.41. The molecule has 0 bridgehead atoms. The van der Waals surface area contributed by atoms with Gasteiger partial charge in [0.1, 0.15) is 5.82 Å². The van der Waals surface area contributed by atoms with E-state index in [1.807, 2.05) is 0 Å². The standard InChI is InChI=1S/C13H15F/c1-3-5-6-7-12-9-8-11(4-2)10-13(12)14/h2,8-10H,3,5-7H2,1H3. The highest BCUT2D eigenvalue weighted by Gasteiger charge is 2.01. The maximum atomic E-state index is 13.4. The molecule has 0 saturated carbocycles. The number of terminal acetylenes is 1. The first-order valence-electron chi connectivity index (χ1n) is 5.03. The highest BCUT2D eigenvalue weighted by atomic mass is 19.1. The molecule has 0 fully saturated rings. The van der Waals surface area contributed by atoms with Crippen LogP contribution in [0.5, 0.6) is 0 Å². The van der Waals surface area contributed by atoms with Gasteiger partial charge in [-0.15, -0.1) is 6.42 Å². The zero-order valence-corrected chi connectivity index (χ0v) is 8.52. The van der Waals surface area contributed by atoms with E-state index in [1.165, 1.54) is 6.07 Å². The van der Waals surface area contributed by atoms with Gasteiger partial charge in [0.15, 0.2) is 0 Å². The Labute approximate surface area is 85.2 Å². The molecule has 0 aromatic heterocycles. The summed E-state index contributed by atoms with van der Waals surface area (Å²) in [5.41, 5.74) is 1.39. The van der Waals surface area contributed by atoms with Crippen LogP contribution in [0, 0.1) is 18.2 Å². The van der Waals surface area contributed by atoms with Crippen molar-refractivity contribution in [2.24, 2.45) is 0 Å². The van der Waals surface area contributed by atoms with Crippen molar-refractivity contribution in [3.63, 3.8) is 0 Å². The van der Waals surface area contributed by atoms with Gasteiger partial charge in [-0.05, 0) is 30.5 Å². The molecule has 14 heavy (non-hydrogen) atoms. The van der Waals surface area contributed by atoms with E-state index in [0.717, 1.165) is 31.2 Å². The summed E-state index contributed by atoms with van der Waals surface area (Å²) < 4.78 is 13.4. The summed E-state index contributed by atoms with van der Waals surface area (Å²) in [6.07, 6.45) is 9.33. The Morgan fingerprint density at radius 1 is 1.36 bits per heavy atom. The van der Waals surface area contributed by atoms with Crippen LogP contribution in [0.3, 0.4) is 0 Å². The number of hydrogen-bond acceptors (Lipinski definition) is 0. The molecule has 0 spiro atoms. The third-order valence-corrected chi connectivity index (χ3v) is 2.27. The molecule has 0 aliphatic heterocycles. The largest absolute Gasteiger partial charge is 0.207 e. The molecule has 0 atom stereocenters. The summed E-state index contributed by atoms with van der Waals surface area (Å²) in [7, 11) is 0. The number of aryl methyl sites for hydroxylation is 1. The molecule has 0 heterocycles. The van der Waals surface area contributed by atoms with Crippen LogP contribution in [0.4, 0.5) is 4.39 Å². The van der Waals surface area contributed by atoms with Crippen LogP contribution in [0.25, 0.3) is 0 Å². The highest BCUT2D eigenvalue weighted by molar-refractivity contribution is 5.35. The van der Waals surface area contributed by atoms with Crippen LogP contribution < -0.4 is 0 Å². The average Bonchev–Trinajstić information content (AvgIpc) is 2.20. The van der Waals surface area contributed by atoms with Gasteiger partial charge in [-0.25, -0.2) is 4.39 Å². The Hall–Kier alpha value is -1.29. The van der Waals surface area contributed by atoms with Gasteiger partial charge in [-0.3, -0.25) is 0 Å². The van der Waals surface area contributed by atoms with Crippen LogP contribution in [-0.4, -0.2) is 0 Å². The molecular weight excluding hydrogens is 175 g/mol. The SMILES string of the molecule is C#Cc1ccc(CCCCC)c(F)c1. The summed E-state index contributed by atoms with van der Waals surface area (Å²) in [6.45, 7) is 2.14. The van der Waals surface area contributed by atoms with Gasteiger partial charge in [0.05, 0.1) is 0 Å². The predicted octanol–water partition coefficient (Wildman–Crippen LogP) is 3.54. The van der Waals surface area contributed by atoms with Gasteiger partial charge < -0.3 is 0 Å². The van der Waals surface area contributed by atoms with Crippen molar-refractivity contribution in [1.29, 1.82) is 0 Å². The maximum Gasteiger partial charge on any atom is 0.127 e. The molecule has 0 radical (unpaired) electrons. The molecule has 0 saturated heterocycles. The lowest BCUT2D eigenvalue weighted by atomic mass is 10.0. The lowest BCUT2D eigenvalue weighted by Crippen LogP contribution is -1.91. The number of hydrogen-bond donors (Lipinski definition) is 0. The third kappa shape index (κ3) is 2.88. The summed E-state index contributed by atoms with van der Waals surface area (Å²) in [5, 5.41) is 0. The van der Waals surface area contributed by atoms with E-state index in [4.69, 9.17) is 6.42 Å². The number of rotatable bonds is 4. The predicted molar refractivity (Wildman–Crippen MR) is 57.6 cm³/mol. The van der Waals surface area contributed by atoms with Crippen molar-refractivity contribution in [3.8, 4) is 12.3 Å². The Morgan fingerprint density at radius 2 is 2.14 bits per heavy atom. The molecular formula is C13H15F. The molecule has 0 N–H and O–H groups in total. The maximum absolute atomic E-state index is 13.4. The summed E-state index contributed by atoms with van der Waals surface area (Å²) >= 11 is 0. The van der Waals surface area contributed by atoms with E-state index in [2.05, 4.69) is 12.8 Å². The van der Waals surface area contributed by atoms with Gasteiger partial charge in [-0.1, -0.05) is 31.8 Å². The van der Waals surface area contributed by atoms with E-state index >= 15 is 0 Å². The molecule has 0 unspecified atom stereocenters. The van der Waals surface area contributed by atoms with E-state index < -0.39 is 0 Å². The van der Waals surface area contributed by atoms with Crippen LogP contribution >= 0.6 is 0 Å². The second-order valence-corrected chi connectivity index (χ2v) is 3.41. The average molecular weight is 190 g/mol. The molecule has 0 aliphatic carbocycles. The van der Waals surface area contributed by atoms with E-state index in [9.17, 15) is 4.39 Å². The molecule has 0 aliphatic rings. The van der Waals surface area contributed by atoms with Crippen molar-refractivity contribution < 1.29 is 4.39 Å². The van der Waals surface area contributed by atoms with Crippen molar-refractivity contribution in [3.05, 3.63) is 35.1 Å². The quantitative estimate of drug-likeness (QED) is 0.503. The topological polar surface area (TPSA) is 0 Å². The fourth-order valence-corrected chi connectivity index (χ4v) is 1.41. The summed E-state index contributed by atoms with van der Waals surface area (Å²) in [4.78, 5) is 0. The zero-order chi connectivity index (χ0) is 10.4. The molecule has 0 nitrogen and oxygen atoms in total. The Kier molecular flexibility index (Phi) is 4.19. The lowest BCUT2D eigenvalue weighted by Gasteiger charge is -2.02. The number of halogens is 1. The van der Waals surface area contributed by atoms with Crippen molar-refractivity contribution in [2.45, 2.75) is 32.6 Å². The van der Waals surface area contributed by atoms with Crippen molar-refractivity contribution in [1.82, 2.24) is 0 Å². The van der Waals surface area contributed by atoms with Crippen molar-refractivity contribution >= 4 is 0 Å². The van der Waals surface area contributed by atoms with Gasteiger partial charge in [0, 0.05) is 5.56 Å². The second kappa shape index (κ2) is 5.44. The molecule has 1 rings (SSSR count). The van der Waals surface area contributed by atoms with Crippen molar-refractivity contribution in [2.75, 3.05) is 0 Å². The molecule has 1 aromatic carbocycles. The smallest absolute Gasteiger partial charge is 0.127 e. The minimum atomic E-state index is -0.170. The van der Waals surface area contributed by atoms with Crippen LogP contribution in [0.15, 0.2) is 18.2 Å². The first-order valence-corrected chi connectivity index (χ1v) is 5.03. The number of benzene rings is 1. The first-order chi connectivity index (χ1) is 6.77. The van der Waals surface area contributed by atoms with Crippen LogP contribution in [0.1, 0.15) is 37.3 Å². The first kappa shape index (κ1) is 10.8. The van der Waals surface area contributed by atoms with Crippen LogP contribution in [-0.2, 0) is 6.42 Å². The molecule has 1 heteroatoms. The Balaban J connectivity index is 2.65. The molecule has 0 amide bonds. The fraction of sp³-hybridized carbons (Fsp3) is 0.385. The van der Waals surface area contributed by atoms with Crippen LogP contribution in [0.2, 0.25) is 0 Å². The minimum absolute atomic E-state index is 0.170. The fourth-order valence-electron chi connectivity index (χ4n) is 1.41. The van der Waals surface area contributed by atoms with E-state index in [-0.39, 0.29) is 5.82 Å².